The number of hydrogen-bond acceptors (Lipinski definition) is 3. The number of guanidine groups is 1. The minimum atomic E-state index is 0. The van der Waals surface area contributed by atoms with Gasteiger partial charge in [-0.25, -0.2) is 0 Å². The highest BCUT2D eigenvalue weighted by Crippen LogP contribution is 2.14. The third kappa shape index (κ3) is 4.71. The highest BCUT2D eigenvalue weighted by molar-refractivity contribution is 14.0. The van der Waals surface area contributed by atoms with Crippen LogP contribution in [0.2, 0.25) is 5.02 Å². The van der Waals surface area contributed by atoms with E-state index in [4.69, 9.17) is 11.6 Å². The maximum atomic E-state index is 6.07. The molecule has 1 aromatic rings. The lowest BCUT2D eigenvalue weighted by molar-refractivity contribution is 0.700. The number of nitrogens with one attached hydrogen (secondary N) is 2. The summed E-state index contributed by atoms with van der Waals surface area (Å²) < 4.78 is 0. The molecule has 5 heteroatoms. The fourth-order valence-electron chi connectivity index (χ4n) is 1.67. The van der Waals surface area contributed by atoms with Crippen LogP contribution in [-0.2, 0) is 6.42 Å². The molecular weight excluding hydrogens is 349 g/mol. The summed E-state index contributed by atoms with van der Waals surface area (Å²) in [4.78, 5) is 4.34. The Morgan fingerprint density at radius 3 is 2.88 bits per heavy atom. The first-order valence-electron chi connectivity index (χ1n) is 5.62. The average molecular weight is 366 g/mol. The van der Waals surface area contributed by atoms with Crippen LogP contribution in [0, 0.1) is 0 Å². The van der Waals surface area contributed by atoms with E-state index < -0.39 is 0 Å². The van der Waals surface area contributed by atoms with Crippen LogP contribution in [0.25, 0.3) is 0 Å². The summed E-state index contributed by atoms with van der Waals surface area (Å²) in [5.41, 5.74) is 1.17. The highest BCUT2D eigenvalue weighted by atomic mass is 127. The minimum absolute atomic E-state index is 0. The predicted octanol–water partition coefficient (Wildman–Crippen LogP) is 2.44. The first kappa shape index (κ1) is 14.6. The molecule has 1 aliphatic heterocycles. The second kappa shape index (κ2) is 7.76. The van der Waals surface area contributed by atoms with Crippen LogP contribution in [0.4, 0.5) is 0 Å². The molecule has 1 heterocycles. The van der Waals surface area contributed by atoms with Gasteiger partial charge in [-0.05, 0) is 24.5 Å². The number of nitrogens with zero attached hydrogens (tertiary/aromatic N) is 1. The molecule has 1 aromatic carbocycles. The van der Waals surface area contributed by atoms with Crippen LogP contribution in [-0.4, -0.2) is 25.6 Å². The Morgan fingerprint density at radius 2 is 2.18 bits per heavy atom. The predicted molar refractivity (Wildman–Crippen MR) is 83.5 cm³/mol. The third-order valence-corrected chi connectivity index (χ3v) is 2.91. The number of benzene rings is 1. The van der Waals surface area contributed by atoms with Gasteiger partial charge in [-0.15, -0.1) is 24.0 Å². The summed E-state index contributed by atoms with van der Waals surface area (Å²) in [6.45, 7) is 2.79. The molecule has 0 radical (unpaired) electrons. The molecule has 0 spiro atoms. The molecule has 0 bridgehead atoms. The number of aliphatic imine (C=N–C) groups is 1. The second-order valence-electron chi connectivity index (χ2n) is 3.78. The SMILES string of the molecule is Clc1ccccc1CCNC1=NCCCN1.I. The van der Waals surface area contributed by atoms with E-state index >= 15 is 0 Å². The van der Waals surface area contributed by atoms with E-state index in [-0.39, 0.29) is 24.0 Å². The van der Waals surface area contributed by atoms with Crippen molar-refractivity contribution in [3.8, 4) is 0 Å². The van der Waals surface area contributed by atoms with Gasteiger partial charge in [0.15, 0.2) is 5.96 Å². The molecule has 94 valence electrons. The van der Waals surface area contributed by atoms with Crippen molar-refractivity contribution < 1.29 is 0 Å². The number of halogens is 2. The van der Waals surface area contributed by atoms with E-state index in [0.29, 0.717) is 0 Å². The quantitative estimate of drug-likeness (QED) is 0.807. The van der Waals surface area contributed by atoms with Gasteiger partial charge in [-0.2, -0.15) is 0 Å². The highest BCUT2D eigenvalue weighted by Gasteiger charge is 2.03. The van der Waals surface area contributed by atoms with Crippen molar-refractivity contribution >= 4 is 41.5 Å². The maximum absolute atomic E-state index is 6.07. The van der Waals surface area contributed by atoms with Crippen LogP contribution >= 0.6 is 35.6 Å². The van der Waals surface area contributed by atoms with E-state index in [1.165, 1.54) is 5.56 Å². The summed E-state index contributed by atoms with van der Waals surface area (Å²) in [5, 5.41) is 7.34. The Bertz CT molecular complexity index is 382. The van der Waals surface area contributed by atoms with Crippen molar-refractivity contribution in [2.24, 2.45) is 4.99 Å². The fraction of sp³-hybridized carbons (Fsp3) is 0.417. The zero-order chi connectivity index (χ0) is 11.2. The van der Waals surface area contributed by atoms with Gasteiger partial charge in [-0.3, -0.25) is 4.99 Å². The van der Waals surface area contributed by atoms with Gasteiger partial charge in [0.25, 0.3) is 0 Å². The molecular formula is C12H17ClIN3. The molecule has 17 heavy (non-hydrogen) atoms. The van der Waals surface area contributed by atoms with Gasteiger partial charge in [0.1, 0.15) is 0 Å². The molecule has 1 aliphatic rings. The van der Waals surface area contributed by atoms with Crippen molar-refractivity contribution in [2.45, 2.75) is 12.8 Å². The van der Waals surface area contributed by atoms with Crippen molar-refractivity contribution in [2.75, 3.05) is 19.6 Å². The van der Waals surface area contributed by atoms with Gasteiger partial charge in [0.2, 0.25) is 0 Å². The molecule has 0 unspecified atom stereocenters. The molecule has 0 saturated carbocycles. The molecule has 0 amide bonds. The van der Waals surface area contributed by atoms with E-state index in [9.17, 15) is 0 Å². The van der Waals surface area contributed by atoms with E-state index in [2.05, 4.69) is 21.7 Å². The van der Waals surface area contributed by atoms with Gasteiger partial charge >= 0.3 is 0 Å². The van der Waals surface area contributed by atoms with Crippen LogP contribution < -0.4 is 10.6 Å². The van der Waals surface area contributed by atoms with Crippen LogP contribution in [0.15, 0.2) is 29.3 Å². The van der Waals surface area contributed by atoms with Crippen LogP contribution in [0.1, 0.15) is 12.0 Å². The molecule has 0 atom stereocenters. The Morgan fingerprint density at radius 1 is 1.35 bits per heavy atom. The first-order valence-corrected chi connectivity index (χ1v) is 5.99. The molecule has 0 fully saturated rings. The normalized spacial score (nSPS) is 14.3. The zero-order valence-corrected chi connectivity index (χ0v) is 12.7. The van der Waals surface area contributed by atoms with Crippen molar-refractivity contribution in [1.82, 2.24) is 10.6 Å². The Hall–Kier alpha value is -0.490. The first-order chi connectivity index (χ1) is 7.86. The largest absolute Gasteiger partial charge is 0.356 e. The van der Waals surface area contributed by atoms with E-state index in [1.54, 1.807) is 0 Å². The van der Waals surface area contributed by atoms with Crippen LogP contribution in [0.5, 0.6) is 0 Å². The summed E-state index contributed by atoms with van der Waals surface area (Å²) in [6.07, 6.45) is 2.04. The smallest absolute Gasteiger partial charge is 0.191 e. The van der Waals surface area contributed by atoms with Crippen molar-refractivity contribution in [3.05, 3.63) is 34.9 Å². The topological polar surface area (TPSA) is 36.4 Å². The standard InChI is InChI=1S/C12H16ClN3.HI/c13-11-5-2-1-4-10(11)6-9-16-12-14-7-3-8-15-12;/h1-2,4-5H,3,6-9H2,(H2,14,15,16);1H. The average Bonchev–Trinajstić information content (AvgIpc) is 2.33. The number of hydrogen-bond donors (Lipinski definition) is 2. The Kier molecular flexibility index (Phi) is 6.65. The van der Waals surface area contributed by atoms with Gasteiger partial charge in [0, 0.05) is 24.7 Å². The Balaban J connectivity index is 0.00000144. The lowest BCUT2D eigenvalue weighted by atomic mass is 10.1. The second-order valence-corrected chi connectivity index (χ2v) is 4.19. The van der Waals surface area contributed by atoms with Gasteiger partial charge < -0.3 is 10.6 Å². The van der Waals surface area contributed by atoms with Gasteiger partial charge in [-0.1, -0.05) is 29.8 Å². The third-order valence-electron chi connectivity index (χ3n) is 2.54. The molecule has 3 nitrogen and oxygen atoms in total. The molecule has 2 rings (SSSR count). The number of rotatable bonds is 3. The van der Waals surface area contributed by atoms with Gasteiger partial charge in [0.05, 0.1) is 0 Å². The monoisotopic (exact) mass is 365 g/mol. The lowest BCUT2D eigenvalue weighted by Crippen LogP contribution is -2.41. The fourth-order valence-corrected chi connectivity index (χ4v) is 1.90. The zero-order valence-electron chi connectivity index (χ0n) is 9.58. The minimum Gasteiger partial charge on any atom is -0.356 e. The molecule has 2 N–H and O–H groups in total. The Labute approximate surface area is 124 Å². The molecule has 0 aliphatic carbocycles. The lowest BCUT2D eigenvalue weighted by Gasteiger charge is -2.16. The molecule has 0 saturated heterocycles. The summed E-state index contributed by atoms with van der Waals surface area (Å²) >= 11 is 6.07. The van der Waals surface area contributed by atoms with Crippen LogP contribution in [0.3, 0.4) is 0 Å². The molecule has 0 aromatic heterocycles. The summed E-state index contributed by atoms with van der Waals surface area (Å²) in [6, 6.07) is 7.94. The maximum Gasteiger partial charge on any atom is 0.191 e. The van der Waals surface area contributed by atoms with E-state index in [0.717, 1.165) is 43.5 Å². The van der Waals surface area contributed by atoms with Crippen molar-refractivity contribution in [3.63, 3.8) is 0 Å². The van der Waals surface area contributed by atoms with Crippen molar-refractivity contribution in [1.29, 1.82) is 0 Å². The summed E-state index contributed by atoms with van der Waals surface area (Å²) in [5.74, 6) is 0.915. The van der Waals surface area contributed by atoms with E-state index in [1.807, 2.05) is 18.2 Å². The summed E-state index contributed by atoms with van der Waals surface area (Å²) in [7, 11) is 0.